The number of sulfonamides is 1. The van der Waals surface area contributed by atoms with Crippen LogP contribution in [0.15, 0.2) is 29.2 Å². The van der Waals surface area contributed by atoms with Crippen LogP contribution >= 0.6 is 12.4 Å². The van der Waals surface area contributed by atoms with Crippen molar-refractivity contribution in [3.63, 3.8) is 0 Å². The van der Waals surface area contributed by atoms with E-state index >= 15 is 0 Å². The predicted molar refractivity (Wildman–Crippen MR) is 104 cm³/mol. The van der Waals surface area contributed by atoms with Crippen molar-refractivity contribution in [2.75, 3.05) is 46.3 Å². The van der Waals surface area contributed by atoms with Gasteiger partial charge in [0.05, 0.1) is 4.90 Å². The summed E-state index contributed by atoms with van der Waals surface area (Å²) in [7, 11) is -1.21. The van der Waals surface area contributed by atoms with Gasteiger partial charge in [0.25, 0.3) is 0 Å². The molecule has 25 heavy (non-hydrogen) atoms. The molecule has 0 spiro atoms. The predicted octanol–water partition coefficient (Wildman–Crippen LogP) is 2.21. The third kappa shape index (κ3) is 4.95. The molecule has 5 nitrogen and oxygen atoms in total. The van der Waals surface area contributed by atoms with E-state index < -0.39 is 10.0 Å². The van der Waals surface area contributed by atoms with E-state index in [0.29, 0.717) is 11.4 Å². The van der Waals surface area contributed by atoms with Gasteiger partial charge >= 0.3 is 0 Å². The van der Waals surface area contributed by atoms with E-state index in [1.54, 1.807) is 16.4 Å². The third-order valence-electron chi connectivity index (χ3n) is 5.29. The van der Waals surface area contributed by atoms with E-state index in [1.807, 2.05) is 19.1 Å². The number of likely N-dealkylation sites (N-methyl/N-ethyl adjacent to an activating group) is 1. The first-order valence-electron chi connectivity index (χ1n) is 8.96. The fourth-order valence-electron chi connectivity index (χ4n) is 3.73. The van der Waals surface area contributed by atoms with Crippen LogP contribution in [0.5, 0.6) is 0 Å². The van der Waals surface area contributed by atoms with E-state index in [1.165, 1.54) is 0 Å². The van der Waals surface area contributed by atoms with Crippen LogP contribution in [0.1, 0.15) is 24.8 Å². The van der Waals surface area contributed by atoms with Gasteiger partial charge in [-0.15, -0.1) is 12.4 Å². The number of hydrogen-bond acceptors (Lipinski definition) is 4. The highest BCUT2D eigenvalue weighted by atomic mass is 35.5. The lowest BCUT2D eigenvalue weighted by Gasteiger charge is -2.33. The topological polar surface area (TPSA) is 43.9 Å². The number of halogens is 1. The molecule has 0 unspecified atom stereocenters. The Morgan fingerprint density at radius 2 is 1.84 bits per heavy atom. The highest BCUT2D eigenvalue weighted by molar-refractivity contribution is 7.89. The first-order valence-corrected chi connectivity index (χ1v) is 10.4. The molecule has 0 bridgehead atoms. The third-order valence-corrected chi connectivity index (χ3v) is 7.24. The van der Waals surface area contributed by atoms with Gasteiger partial charge in [-0.2, -0.15) is 4.31 Å². The maximum atomic E-state index is 13.0. The zero-order valence-corrected chi connectivity index (χ0v) is 16.9. The Morgan fingerprint density at radius 3 is 2.52 bits per heavy atom. The molecule has 1 atom stereocenters. The number of nitrogens with zero attached hydrogens (tertiary/aromatic N) is 3. The number of rotatable bonds is 5. The standard InChI is InChI=1S/C18H29N3O2S.ClH/c1-16-5-3-7-18(15-16)24(22,23)21-9-4-6-17(21)8-10-20-13-11-19(2)12-14-20;/h3,5,7,15,17H,4,6,8-14H2,1-2H3;1H/t17-;/m1./s1. The van der Waals surface area contributed by atoms with Crippen LogP contribution in [0.2, 0.25) is 0 Å². The Balaban J connectivity index is 0.00000225. The van der Waals surface area contributed by atoms with Crippen molar-refractivity contribution in [3.05, 3.63) is 29.8 Å². The minimum atomic E-state index is -3.37. The van der Waals surface area contributed by atoms with Crippen LogP contribution in [0.3, 0.4) is 0 Å². The van der Waals surface area contributed by atoms with E-state index in [0.717, 1.165) is 57.5 Å². The van der Waals surface area contributed by atoms with Crippen LogP contribution in [0.25, 0.3) is 0 Å². The van der Waals surface area contributed by atoms with Crippen molar-refractivity contribution in [3.8, 4) is 0 Å². The zero-order chi connectivity index (χ0) is 17.2. The lowest BCUT2D eigenvalue weighted by atomic mass is 10.1. The summed E-state index contributed by atoms with van der Waals surface area (Å²) < 4.78 is 27.7. The minimum Gasteiger partial charge on any atom is -0.304 e. The van der Waals surface area contributed by atoms with Crippen molar-refractivity contribution in [2.24, 2.45) is 0 Å². The summed E-state index contributed by atoms with van der Waals surface area (Å²) >= 11 is 0. The first-order chi connectivity index (χ1) is 11.5. The summed E-state index contributed by atoms with van der Waals surface area (Å²) in [6.45, 7) is 7.99. The van der Waals surface area contributed by atoms with E-state index in [2.05, 4.69) is 16.8 Å². The zero-order valence-electron chi connectivity index (χ0n) is 15.2. The molecule has 2 heterocycles. The number of hydrogen-bond donors (Lipinski definition) is 0. The molecule has 0 N–H and O–H groups in total. The molecule has 0 saturated carbocycles. The largest absolute Gasteiger partial charge is 0.304 e. The molecule has 0 aliphatic carbocycles. The lowest BCUT2D eigenvalue weighted by molar-refractivity contribution is 0.146. The number of aryl methyl sites for hydroxylation is 1. The smallest absolute Gasteiger partial charge is 0.243 e. The SMILES string of the molecule is Cc1cccc(S(=O)(=O)N2CCC[C@@H]2CCN2CCN(C)CC2)c1.Cl. The molecule has 0 amide bonds. The highest BCUT2D eigenvalue weighted by Gasteiger charge is 2.35. The Morgan fingerprint density at radius 1 is 1.12 bits per heavy atom. The van der Waals surface area contributed by atoms with Gasteiger partial charge in [-0.1, -0.05) is 12.1 Å². The van der Waals surface area contributed by atoms with Crippen LogP contribution in [0.4, 0.5) is 0 Å². The fraction of sp³-hybridized carbons (Fsp3) is 0.667. The van der Waals surface area contributed by atoms with Crippen molar-refractivity contribution in [1.29, 1.82) is 0 Å². The molecule has 1 aromatic rings. The normalized spacial score (nSPS) is 23.5. The van der Waals surface area contributed by atoms with Crippen LogP contribution in [-0.4, -0.2) is 74.9 Å². The van der Waals surface area contributed by atoms with Gasteiger partial charge in [0, 0.05) is 38.8 Å². The molecule has 3 rings (SSSR count). The molecule has 142 valence electrons. The lowest BCUT2D eigenvalue weighted by Crippen LogP contribution is -2.46. The molecule has 2 aliphatic rings. The summed E-state index contributed by atoms with van der Waals surface area (Å²) in [6.07, 6.45) is 2.89. The van der Waals surface area contributed by atoms with Crippen molar-refractivity contribution in [2.45, 2.75) is 37.1 Å². The van der Waals surface area contributed by atoms with Crippen LogP contribution < -0.4 is 0 Å². The molecule has 2 fully saturated rings. The molecule has 1 aromatic carbocycles. The molecular formula is C18H30ClN3O2S. The van der Waals surface area contributed by atoms with Gasteiger partial charge in [0.15, 0.2) is 0 Å². The van der Waals surface area contributed by atoms with Crippen LogP contribution in [0, 0.1) is 6.92 Å². The average molecular weight is 388 g/mol. The maximum absolute atomic E-state index is 13.0. The van der Waals surface area contributed by atoms with Gasteiger partial charge in [-0.05, 0) is 57.5 Å². The van der Waals surface area contributed by atoms with E-state index in [4.69, 9.17) is 0 Å². The Bertz CT molecular complexity index is 660. The summed E-state index contributed by atoms with van der Waals surface area (Å²) in [5.41, 5.74) is 0.990. The summed E-state index contributed by atoms with van der Waals surface area (Å²) in [4.78, 5) is 5.25. The summed E-state index contributed by atoms with van der Waals surface area (Å²) in [5.74, 6) is 0. The molecule has 2 aliphatic heterocycles. The quantitative estimate of drug-likeness (QED) is 0.777. The average Bonchev–Trinajstić information content (AvgIpc) is 3.04. The second-order valence-electron chi connectivity index (χ2n) is 7.16. The molecule has 7 heteroatoms. The first kappa shape index (κ1) is 20.6. The number of piperazine rings is 1. The maximum Gasteiger partial charge on any atom is 0.243 e. The molecule has 0 radical (unpaired) electrons. The number of benzene rings is 1. The van der Waals surface area contributed by atoms with Gasteiger partial charge < -0.3 is 9.80 Å². The van der Waals surface area contributed by atoms with Crippen molar-refractivity contribution >= 4 is 22.4 Å². The Labute approximate surface area is 158 Å². The highest BCUT2D eigenvalue weighted by Crippen LogP contribution is 2.28. The Hall–Kier alpha value is -0.660. The molecular weight excluding hydrogens is 358 g/mol. The van der Waals surface area contributed by atoms with Gasteiger partial charge in [0.2, 0.25) is 10.0 Å². The fourth-order valence-corrected chi connectivity index (χ4v) is 5.56. The minimum absolute atomic E-state index is 0. The summed E-state index contributed by atoms with van der Waals surface area (Å²) in [6, 6.07) is 7.42. The van der Waals surface area contributed by atoms with Gasteiger partial charge in [-0.3, -0.25) is 0 Å². The second-order valence-corrected chi connectivity index (χ2v) is 9.05. The molecule has 0 aromatic heterocycles. The van der Waals surface area contributed by atoms with Gasteiger partial charge in [-0.25, -0.2) is 8.42 Å². The van der Waals surface area contributed by atoms with E-state index in [9.17, 15) is 8.42 Å². The van der Waals surface area contributed by atoms with Crippen molar-refractivity contribution < 1.29 is 8.42 Å². The van der Waals surface area contributed by atoms with E-state index in [-0.39, 0.29) is 18.4 Å². The molecule has 2 saturated heterocycles. The Kier molecular flexibility index (Phi) is 7.29. The summed E-state index contributed by atoms with van der Waals surface area (Å²) in [5, 5.41) is 0. The van der Waals surface area contributed by atoms with Crippen molar-refractivity contribution in [1.82, 2.24) is 14.1 Å². The van der Waals surface area contributed by atoms with Gasteiger partial charge in [0.1, 0.15) is 0 Å². The van der Waals surface area contributed by atoms with Crippen LogP contribution in [-0.2, 0) is 10.0 Å². The monoisotopic (exact) mass is 387 g/mol. The second kappa shape index (κ2) is 8.82.